The fourth-order valence-corrected chi connectivity index (χ4v) is 2.90. The summed E-state index contributed by atoms with van der Waals surface area (Å²) in [6, 6.07) is 12.9. The van der Waals surface area contributed by atoms with Crippen molar-refractivity contribution in [1.29, 1.82) is 0 Å². The van der Waals surface area contributed by atoms with E-state index in [-0.39, 0.29) is 11.6 Å². The number of rotatable bonds is 6. The number of hydrogen-bond acceptors (Lipinski definition) is 6. The summed E-state index contributed by atoms with van der Waals surface area (Å²) >= 11 is 0. The number of benzene rings is 2. The number of carbonyl (C=O) groups is 1. The fourth-order valence-electron chi connectivity index (χ4n) is 2.90. The Balaban J connectivity index is 1.84. The summed E-state index contributed by atoms with van der Waals surface area (Å²) in [5, 5.41) is 6.02. The molecule has 1 heterocycles. The van der Waals surface area contributed by atoms with E-state index in [0.717, 1.165) is 11.3 Å². The van der Waals surface area contributed by atoms with Crippen LogP contribution >= 0.6 is 0 Å². The number of ether oxygens (including phenoxy) is 2. The van der Waals surface area contributed by atoms with Crippen molar-refractivity contribution < 1.29 is 14.3 Å². The third kappa shape index (κ3) is 4.82. The summed E-state index contributed by atoms with van der Waals surface area (Å²) in [6.45, 7) is 5.87. The van der Waals surface area contributed by atoms with Gasteiger partial charge < -0.3 is 20.1 Å². The van der Waals surface area contributed by atoms with Gasteiger partial charge in [0, 0.05) is 17.4 Å². The zero-order valence-electron chi connectivity index (χ0n) is 17.2. The fraction of sp³-hybridized carbons (Fsp3) is 0.227. The molecule has 1 amide bonds. The molecule has 2 aromatic carbocycles. The normalized spacial score (nSPS) is 10.4. The van der Waals surface area contributed by atoms with Crippen LogP contribution < -0.4 is 20.1 Å². The Morgan fingerprint density at radius 2 is 1.66 bits per heavy atom. The number of methoxy groups -OCH3 is 2. The molecule has 29 heavy (non-hydrogen) atoms. The van der Waals surface area contributed by atoms with Crippen LogP contribution in [-0.2, 0) is 0 Å². The monoisotopic (exact) mass is 392 g/mol. The van der Waals surface area contributed by atoms with E-state index in [0.29, 0.717) is 28.8 Å². The molecule has 2 N–H and O–H groups in total. The average molecular weight is 392 g/mol. The zero-order chi connectivity index (χ0) is 21.0. The molecular formula is C22H24N4O3. The van der Waals surface area contributed by atoms with Crippen molar-refractivity contribution in [2.45, 2.75) is 20.8 Å². The third-order valence-corrected chi connectivity index (χ3v) is 4.37. The van der Waals surface area contributed by atoms with Gasteiger partial charge in [-0.3, -0.25) is 4.79 Å². The Bertz CT molecular complexity index is 1050. The van der Waals surface area contributed by atoms with E-state index < -0.39 is 0 Å². The predicted molar refractivity (Wildman–Crippen MR) is 113 cm³/mol. The second-order valence-electron chi connectivity index (χ2n) is 6.68. The Hall–Kier alpha value is -3.61. The van der Waals surface area contributed by atoms with Gasteiger partial charge in [0.1, 0.15) is 17.2 Å². The predicted octanol–water partition coefficient (Wildman–Crippen LogP) is 4.41. The molecule has 0 atom stereocenters. The molecule has 7 nitrogen and oxygen atoms in total. The number of nitrogens with one attached hydrogen (secondary N) is 2. The average Bonchev–Trinajstić information content (AvgIpc) is 2.70. The maximum absolute atomic E-state index is 12.8. The Kier molecular flexibility index (Phi) is 5.97. The Morgan fingerprint density at radius 3 is 2.34 bits per heavy atom. The van der Waals surface area contributed by atoms with Crippen LogP contribution in [0.2, 0.25) is 0 Å². The van der Waals surface area contributed by atoms with Crippen molar-refractivity contribution in [2.75, 3.05) is 24.9 Å². The van der Waals surface area contributed by atoms with Crippen LogP contribution in [0.25, 0.3) is 0 Å². The summed E-state index contributed by atoms with van der Waals surface area (Å²) in [4.78, 5) is 21.6. The van der Waals surface area contributed by atoms with Crippen LogP contribution in [-0.4, -0.2) is 30.1 Å². The molecular weight excluding hydrogens is 368 g/mol. The molecule has 0 fully saturated rings. The second-order valence-corrected chi connectivity index (χ2v) is 6.68. The molecule has 0 aliphatic rings. The molecule has 1 aromatic heterocycles. The Morgan fingerprint density at radius 1 is 0.897 bits per heavy atom. The van der Waals surface area contributed by atoms with Gasteiger partial charge >= 0.3 is 0 Å². The first-order valence-corrected chi connectivity index (χ1v) is 9.13. The van der Waals surface area contributed by atoms with Gasteiger partial charge in [-0.15, -0.1) is 0 Å². The Labute approximate surface area is 170 Å². The maximum Gasteiger partial charge on any atom is 0.274 e. The van der Waals surface area contributed by atoms with Crippen LogP contribution in [0.15, 0.2) is 42.5 Å². The first-order chi connectivity index (χ1) is 13.9. The van der Waals surface area contributed by atoms with E-state index in [1.807, 2.05) is 32.9 Å². The minimum absolute atomic E-state index is 0.252. The minimum Gasteiger partial charge on any atom is -0.497 e. The summed E-state index contributed by atoms with van der Waals surface area (Å²) in [6.07, 6.45) is 0. The highest BCUT2D eigenvalue weighted by Gasteiger charge is 2.14. The molecule has 0 aliphatic carbocycles. The summed E-state index contributed by atoms with van der Waals surface area (Å²) < 4.78 is 10.5. The van der Waals surface area contributed by atoms with Gasteiger partial charge in [0.25, 0.3) is 5.91 Å². The second kappa shape index (κ2) is 8.60. The number of nitrogens with zero attached hydrogens (tertiary/aromatic N) is 2. The van der Waals surface area contributed by atoms with Crippen molar-refractivity contribution in [3.8, 4) is 11.5 Å². The standard InChI is InChI=1S/C22H24N4O3/c1-13-6-8-17(14(2)10-13)25-22-23-15(3)11-19(26-22)21(27)24-18-9-7-16(28-4)12-20(18)29-5/h6-12H,1-5H3,(H,24,27)(H,23,25,26). The molecule has 3 rings (SSSR count). The van der Waals surface area contributed by atoms with Crippen LogP contribution in [0.1, 0.15) is 27.3 Å². The zero-order valence-corrected chi connectivity index (χ0v) is 17.2. The number of anilines is 3. The van der Waals surface area contributed by atoms with Gasteiger partial charge in [-0.1, -0.05) is 17.7 Å². The lowest BCUT2D eigenvalue weighted by Gasteiger charge is -2.13. The van der Waals surface area contributed by atoms with Crippen LogP contribution in [0, 0.1) is 20.8 Å². The topological polar surface area (TPSA) is 85.4 Å². The minimum atomic E-state index is -0.359. The molecule has 0 aliphatic heterocycles. The number of aromatic nitrogens is 2. The SMILES string of the molecule is COc1ccc(NC(=O)c2cc(C)nc(Nc3ccc(C)cc3C)n2)c(OC)c1. The summed E-state index contributed by atoms with van der Waals surface area (Å²) in [5.74, 6) is 1.14. The molecule has 0 spiro atoms. The smallest absolute Gasteiger partial charge is 0.274 e. The first-order valence-electron chi connectivity index (χ1n) is 9.13. The van der Waals surface area contributed by atoms with Crippen molar-refractivity contribution in [3.63, 3.8) is 0 Å². The van der Waals surface area contributed by atoms with Crippen molar-refractivity contribution in [1.82, 2.24) is 9.97 Å². The number of amides is 1. The van der Waals surface area contributed by atoms with Gasteiger partial charge in [0.05, 0.1) is 19.9 Å². The van der Waals surface area contributed by atoms with Gasteiger partial charge in [0.15, 0.2) is 0 Å². The van der Waals surface area contributed by atoms with Crippen LogP contribution in [0.5, 0.6) is 11.5 Å². The third-order valence-electron chi connectivity index (χ3n) is 4.37. The molecule has 0 saturated heterocycles. The number of carbonyl (C=O) groups excluding carboxylic acids is 1. The van der Waals surface area contributed by atoms with Crippen LogP contribution in [0.4, 0.5) is 17.3 Å². The highest BCUT2D eigenvalue weighted by atomic mass is 16.5. The van der Waals surface area contributed by atoms with E-state index in [9.17, 15) is 4.79 Å². The molecule has 0 unspecified atom stereocenters. The maximum atomic E-state index is 12.8. The number of hydrogen-bond donors (Lipinski definition) is 2. The summed E-state index contributed by atoms with van der Waals surface area (Å²) in [7, 11) is 3.10. The molecule has 7 heteroatoms. The first kappa shape index (κ1) is 20.1. The van der Waals surface area contributed by atoms with E-state index >= 15 is 0 Å². The lowest BCUT2D eigenvalue weighted by Crippen LogP contribution is -2.16. The summed E-state index contributed by atoms with van der Waals surface area (Å²) in [5.41, 5.74) is 4.60. The van der Waals surface area contributed by atoms with Gasteiger partial charge in [-0.25, -0.2) is 9.97 Å². The van der Waals surface area contributed by atoms with Crippen molar-refractivity contribution >= 4 is 23.2 Å². The lowest BCUT2D eigenvalue weighted by atomic mass is 10.1. The van der Waals surface area contributed by atoms with E-state index in [1.165, 1.54) is 12.7 Å². The van der Waals surface area contributed by atoms with Crippen LogP contribution in [0.3, 0.4) is 0 Å². The molecule has 150 valence electrons. The molecule has 0 bridgehead atoms. The molecule has 0 radical (unpaired) electrons. The van der Waals surface area contributed by atoms with Crippen molar-refractivity contribution in [2.24, 2.45) is 0 Å². The van der Waals surface area contributed by atoms with Gasteiger partial charge in [-0.2, -0.15) is 0 Å². The van der Waals surface area contributed by atoms with E-state index in [1.54, 1.807) is 31.4 Å². The molecule has 3 aromatic rings. The lowest BCUT2D eigenvalue weighted by molar-refractivity contribution is 0.102. The highest BCUT2D eigenvalue weighted by molar-refractivity contribution is 6.04. The van der Waals surface area contributed by atoms with E-state index in [2.05, 4.69) is 26.7 Å². The quantitative estimate of drug-likeness (QED) is 0.646. The largest absolute Gasteiger partial charge is 0.497 e. The molecule has 0 saturated carbocycles. The van der Waals surface area contributed by atoms with Gasteiger partial charge in [-0.05, 0) is 50.6 Å². The van der Waals surface area contributed by atoms with E-state index in [4.69, 9.17) is 9.47 Å². The highest BCUT2D eigenvalue weighted by Crippen LogP contribution is 2.29. The van der Waals surface area contributed by atoms with Gasteiger partial charge in [0.2, 0.25) is 5.95 Å². The number of aryl methyl sites for hydroxylation is 3. The van der Waals surface area contributed by atoms with Crippen molar-refractivity contribution in [3.05, 3.63) is 65.0 Å².